The number of alkyl halides is 3. The van der Waals surface area contributed by atoms with E-state index in [1.807, 2.05) is 0 Å². The number of hydrogen-bond donors (Lipinski definition) is 0. The first-order valence-electron chi connectivity index (χ1n) is 5.58. The molecule has 0 amide bonds. The predicted molar refractivity (Wildman–Crippen MR) is 56.4 cm³/mol. The molecule has 0 aromatic heterocycles. The highest BCUT2D eigenvalue weighted by Crippen LogP contribution is 2.23. The van der Waals surface area contributed by atoms with Crippen molar-refractivity contribution >= 4 is 5.97 Å². The molecule has 1 rings (SSSR count). The van der Waals surface area contributed by atoms with Gasteiger partial charge in [-0.1, -0.05) is 0 Å². The van der Waals surface area contributed by atoms with Crippen LogP contribution >= 0.6 is 0 Å². The molecule has 0 radical (unpaired) electrons. The molecule has 0 saturated carbocycles. The van der Waals surface area contributed by atoms with Gasteiger partial charge in [-0.25, -0.2) is 0 Å². The second-order valence-corrected chi connectivity index (χ2v) is 5.42. The van der Waals surface area contributed by atoms with Crippen LogP contribution in [0.5, 0.6) is 0 Å². The van der Waals surface area contributed by atoms with Crippen molar-refractivity contribution in [1.29, 1.82) is 0 Å². The molecule has 1 heterocycles. The van der Waals surface area contributed by atoms with E-state index in [0.717, 1.165) is 0 Å². The standard InChI is InChI=1S/C11H18F3NO2/c1-10(2,3)9(16)17-8-4-5-15(6-8)7-11(12,13)14/h8H,4-7H2,1-3H3. The molecular weight excluding hydrogens is 235 g/mol. The minimum absolute atomic E-state index is 0.168. The number of ether oxygens (including phenoxy) is 1. The molecule has 1 saturated heterocycles. The van der Waals surface area contributed by atoms with Gasteiger partial charge in [0.05, 0.1) is 12.0 Å². The Bertz CT molecular complexity index is 283. The predicted octanol–water partition coefficient (Wildman–Crippen LogP) is 2.21. The highest BCUT2D eigenvalue weighted by Gasteiger charge is 2.36. The Balaban J connectivity index is 2.39. The highest BCUT2D eigenvalue weighted by atomic mass is 19.4. The molecule has 1 aliphatic heterocycles. The maximum Gasteiger partial charge on any atom is 0.401 e. The molecule has 0 spiro atoms. The van der Waals surface area contributed by atoms with E-state index in [0.29, 0.717) is 13.0 Å². The molecule has 3 nitrogen and oxygen atoms in total. The van der Waals surface area contributed by atoms with Crippen LogP contribution in [0.2, 0.25) is 0 Å². The summed E-state index contributed by atoms with van der Waals surface area (Å²) >= 11 is 0. The van der Waals surface area contributed by atoms with Crippen molar-refractivity contribution in [3.05, 3.63) is 0 Å². The molecule has 1 atom stereocenters. The van der Waals surface area contributed by atoms with Crippen molar-refractivity contribution in [2.24, 2.45) is 5.41 Å². The van der Waals surface area contributed by atoms with Crippen LogP contribution < -0.4 is 0 Å². The number of nitrogens with zero attached hydrogens (tertiary/aromatic N) is 1. The van der Waals surface area contributed by atoms with Crippen molar-refractivity contribution < 1.29 is 22.7 Å². The van der Waals surface area contributed by atoms with Gasteiger partial charge in [-0.2, -0.15) is 13.2 Å². The number of rotatable bonds is 2. The van der Waals surface area contributed by atoms with Crippen molar-refractivity contribution in [2.45, 2.75) is 39.5 Å². The van der Waals surface area contributed by atoms with Gasteiger partial charge < -0.3 is 4.74 Å². The molecule has 6 heteroatoms. The van der Waals surface area contributed by atoms with E-state index in [9.17, 15) is 18.0 Å². The van der Waals surface area contributed by atoms with E-state index in [4.69, 9.17) is 4.74 Å². The number of esters is 1. The average molecular weight is 253 g/mol. The monoisotopic (exact) mass is 253 g/mol. The van der Waals surface area contributed by atoms with Crippen LogP contribution in [0, 0.1) is 5.41 Å². The van der Waals surface area contributed by atoms with Crippen molar-refractivity contribution in [3.8, 4) is 0 Å². The van der Waals surface area contributed by atoms with Crippen LogP contribution in [-0.2, 0) is 9.53 Å². The van der Waals surface area contributed by atoms with Gasteiger partial charge >= 0.3 is 12.1 Å². The van der Waals surface area contributed by atoms with Gasteiger partial charge in [0.25, 0.3) is 0 Å². The summed E-state index contributed by atoms with van der Waals surface area (Å²) in [4.78, 5) is 12.8. The fraction of sp³-hybridized carbons (Fsp3) is 0.909. The van der Waals surface area contributed by atoms with Gasteiger partial charge in [-0.3, -0.25) is 9.69 Å². The molecule has 0 aliphatic carbocycles. The first-order valence-corrected chi connectivity index (χ1v) is 5.58. The Hall–Kier alpha value is -0.780. The van der Waals surface area contributed by atoms with Crippen LogP contribution in [0.4, 0.5) is 13.2 Å². The van der Waals surface area contributed by atoms with E-state index < -0.39 is 24.2 Å². The summed E-state index contributed by atoms with van der Waals surface area (Å²) in [6, 6.07) is 0. The summed E-state index contributed by atoms with van der Waals surface area (Å²) in [5, 5.41) is 0. The summed E-state index contributed by atoms with van der Waals surface area (Å²) in [6.45, 7) is 4.72. The van der Waals surface area contributed by atoms with Gasteiger partial charge in [-0.05, 0) is 27.2 Å². The van der Waals surface area contributed by atoms with E-state index in [1.165, 1.54) is 4.90 Å². The SMILES string of the molecule is CC(C)(C)C(=O)OC1CCN(CC(F)(F)F)C1. The Morgan fingerprint density at radius 2 is 1.94 bits per heavy atom. The highest BCUT2D eigenvalue weighted by molar-refractivity contribution is 5.75. The van der Waals surface area contributed by atoms with Crippen LogP contribution in [0.1, 0.15) is 27.2 Å². The lowest BCUT2D eigenvalue weighted by Crippen LogP contribution is -2.34. The molecule has 1 aliphatic rings. The second-order valence-electron chi connectivity index (χ2n) is 5.42. The average Bonchev–Trinajstić information content (AvgIpc) is 2.47. The van der Waals surface area contributed by atoms with E-state index in [1.54, 1.807) is 20.8 Å². The zero-order valence-corrected chi connectivity index (χ0v) is 10.3. The summed E-state index contributed by atoms with van der Waals surface area (Å²) in [6.07, 6.45) is -4.13. The second kappa shape index (κ2) is 4.84. The smallest absolute Gasteiger partial charge is 0.401 e. The number of likely N-dealkylation sites (tertiary alicyclic amines) is 1. The molecule has 0 aromatic rings. The normalized spacial score (nSPS) is 22.8. The first kappa shape index (κ1) is 14.3. The molecule has 0 aromatic carbocycles. The zero-order chi connectivity index (χ0) is 13.3. The van der Waals surface area contributed by atoms with Crippen LogP contribution in [0.3, 0.4) is 0 Å². The molecule has 1 unspecified atom stereocenters. The Morgan fingerprint density at radius 1 is 1.35 bits per heavy atom. The Morgan fingerprint density at radius 3 is 2.41 bits per heavy atom. The van der Waals surface area contributed by atoms with Gasteiger partial charge in [0.1, 0.15) is 6.10 Å². The Labute approximate surface area is 98.9 Å². The fourth-order valence-corrected chi connectivity index (χ4v) is 1.62. The maximum absolute atomic E-state index is 12.1. The molecule has 100 valence electrons. The third-order valence-electron chi connectivity index (χ3n) is 2.52. The summed E-state index contributed by atoms with van der Waals surface area (Å²) in [7, 11) is 0. The summed E-state index contributed by atoms with van der Waals surface area (Å²) < 4.78 is 41.6. The number of halogens is 3. The number of hydrogen-bond acceptors (Lipinski definition) is 3. The summed E-state index contributed by atoms with van der Waals surface area (Å²) in [5.74, 6) is -0.364. The number of carbonyl (C=O) groups excluding carboxylic acids is 1. The first-order chi connectivity index (χ1) is 7.58. The number of carbonyl (C=O) groups is 1. The topological polar surface area (TPSA) is 29.5 Å². The molecule has 0 bridgehead atoms. The van der Waals surface area contributed by atoms with Crippen molar-refractivity contribution in [3.63, 3.8) is 0 Å². The lowest BCUT2D eigenvalue weighted by Gasteiger charge is -2.21. The molecule has 17 heavy (non-hydrogen) atoms. The quantitative estimate of drug-likeness (QED) is 0.707. The van der Waals surface area contributed by atoms with Gasteiger partial charge in [0.2, 0.25) is 0 Å². The van der Waals surface area contributed by atoms with E-state index in [2.05, 4.69) is 0 Å². The zero-order valence-electron chi connectivity index (χ0n) is 10.3. The van der Waals surface area contributed by atoms with Gasteiger partial charge in [-0.15, -0.1) is 0 Å². The van der Waals surface area contributed by atoms with Gasteiger partial charge in [0.15, 0.2) is 0 Å². The van der Waals surface area contributed by atoms with Crippen molar-refractivity contribution in [2.75, 3.05) is 19.6 Å². The van der Waals surface area contributed by atoms with Crippen LogP contribution in [0.15, 0.2) is 0 Å². The van der Waals surface area contributed by atoms with Gasteiger partial charge in [0, 0.05) is 13.1 Å². The molecular formula is C11H18F3NO2. The maximum atomic E-state index is 12.1. The largest absolute Gasteiger partial charge is 0.461 e. The lowest BCUT2D eigenvalue weighted by molar-refractivity contribution is -0.159. The summed E-state index contributed by atoms with van der Waals surface area (Å²) in [5.41, 5.74) is -0.614. The molecule has 0 N–H and O–H groups in total. The minimum Gasteiger partial charge on any atom is -0.461 e. The third-order valence-corrected chi connectivity index (χ3v) is 2.52. The van der Waals surface area contributed by atoms with E-state index >= 15 is 0 Å². The van der Waals surface area contributed by atoms with Crippen LogP contribution in [-0.4, -0.2) is 42.8 Å². The van der Waals surface area contributed by atoms with Crippen molar-refractivity contribution in [1.82, 2.24) is 4.90 Å². The molecule has 1 fully saturated rings. The fourth-order valence-electron chi connectivity index (χ4n) is 1.62. The minimum atomic E-state index is -4.19. The van der Waals surface area contributed by atoms with E-state index in [-0.39, 0.29) is 12.5 Å². The van der Waals surface area contributed by atoms with Crippen LogP contribution in [0.25, 0.3) is 0 Å². The lowest BCUT2D eigenvalue weighted by atomic mass is 9.97. The Kier molecular flexibility index (Phi) is 4.06. The third kappa shape index (κ3) is 4.93.